The number of phenolic OH excluding ortho intramolecular Hbond substituents is 2. The number of aromatic hydroxyl groups is 2. The molecular weight excluding hydrogens is 262 g/mol. The second-order valence-electron chi connectivity index (χ2n) is 5.33. The minimum atomic E-state index is -0.857. The van der Waals surface area contributed by atoms with Crippen molar-refractivity contribution in [3.8, 4) is 11.5 Å². The highest BCUT2D eigenvalue weighted by molar-refractivity contribution is 5.97. The molecule has 0 spiro atoms. The molecule has 0 unspecified atom stereocenters. The molecular formula is C14H17NO5. The molecule has 3 N–H and O–H groups in total. The number of para-hydroxylation sites is 1. The zero-order valence-electron chi connectivity index (χ0n) is 11.2. The van der Waals surface area contributed by atoms with Gasteiger partial charge in [-0.25, -0.2) is 0 Å². The third-order valence-corrected chi connectivity index (χ3v) is 3.92. The lowest BCUT2D eigenvalue weighted by molar-refractivity contribution is -0.150. The molecule has 1 saturated heterocycles. The topological polar surface area (TPSA) is 98.1 Å². The second-order valence-corrected chi connectivity index (χ2v) is 5.33. The van der Waals surface area contributed by atoms with E-state index in [1.54, 1.807) is 6.92 Å². The number of aliphatic carboxylic acids is 1. The van der Waals surface area contributed by atoms with Crippen LogP contribution in [0.3, 0.4) is 0 Å². The van der Waals surface area contributed by atoms with Gasteiger partial charge >= 0.3 is 5.97 Å². The molecule has 1 amide bonds. The van der Waals surface area contributed by atoms with Crippen molar-refractivity contribution in [3.05, 3.63) is 23.8 Å². The molecule has 6 heteroatoms. The smallest absolute Gasteiger partial charge is 0.309 e. The number of carboxylic acid groups (broad SMARTS) is 1. The van der Waals surface area contributed by atoms with E-state index in [0.717, 1.165) is 0 Å². The molecule has 0 aliphatic carbocycles. The molecule has 1 fully saturated rings. The van der Waals surface area contributed by atoms with Gasteiger partial charge < -0.3 is 20.2 Å². The Balaban J connectivity index is 2.13. The van der Waals surface area contributed by atoms with Crippen LogP contribution in [0.15, 0.2) is 18.2 Å². The monoisotopic (exact) mass is 279 g/mol. The fourth-order valence-electron chi connectivity index (χ4n) is 2.29. The van der Waals surface area contributed by atoms with Crippen molar-refractivity contribution < 1.29 is 24.9 Å². The van der Waals surface area contributed by atoms with Crippen LogP contribution in [0.25, 0.3) is 0 Å². The molecule has 2 rings (SSSR count). The first-order chi connectivity index (χ1) is 9.35. The Morgan fingerprint density at radius 3 is 2.35 bits per heavy atom. The van der Waals surface area contributed by atoms with E-state index in [-0.39, 0.29) is 11.3 Å². The summed E-state index contributed by atoms with van der Waals surface area (Å²) < 4.78 is 0. The minimum Gasteiger partial charge on any atom is -0.504 e. The largest absolute Gasteiger partial charge is 0.504 e. The van der Waals surface area contributed by atoms with Crippen LogP contribution in [0.2, 0.25) is 0 Å². The molecule has 1 aromatic rings. The van der Waals surface area contributed by atoms with Crippen molar-refractivity contribution >= 4 is 11.9 Å². The van der Waals surface area contributed by atoms with Crippen molar-refractivity contribution in [2.24, 2.45) is 5.41 Å². The van der Waals surface area contributed by atoms with Gasteiger partial charge in [-0.2, -0.15) is 0 Å². The van der Waals surface area contributed by atoms with Crippen LogP contribution < -0.4 is 0 Å². The van der Waals surface area contributed by atoms with Crippen molar-refractivity contribution in [2.75, 3.05) is 13.1 Å². The number of phenols is 2. The van der Waals surface area contributed by atoms with Crippen LogP contribution in [-0.2, 0) is 4.79 Å². The summed E-state index contributed by atoms with van der Waals surface area (Å²) >= 11 is 0. The minimum absolute atomic E-state index is 0.0314. The fourth-order valence-corrected chi connectivity index (χ4v) is 2.29. The molecule has 1 heterocycles. The number of hydrogen-bond acceptors (Lipinski definition) is 4. The van der Waals surface area contributed by atoms with E-state index in [0.29, 0.717) is 25.9 Å². The molecule has 0 saturated carbocycles. The maximum atomic E-state index is 12.3. The van der Waals surface area contributed by atoms with Gasteiger partial charge in [0.05, 0.1) is 11.0 Å². The van der Waals surface area contributed by atoms with Crippen molar-refractivity contribution in [2.45, 2.75) is 19.8 Å². The van der Waals surface area contributed by atoms with Gasteiger partial charge in [0.2, 0.25) is 0 Å². The van der Waals surface area contributed by atoms with E-state index < -0.39 is 23.0 Å². The lowest BCUT2D eigenvalue weighted by Gasteiger charge is -2.36. The Kier molecular flexibility index (Phi) is 3.57. The van der Waals surface area contributed by atoms with Crippen LogP contribution in [0, 0.1) is 5.41 Å². The van der Waals surface area contributed by atoms with Gasteiger partial charge in [-0.05, 0) is 31.9 Å². The highest BCUT2D eigenvalue weighted by atomic mass is 16.4. The highest BCUT2D eigenvalue weighted by Gasteiger charge is 2.38. The Bertz CT molecular complexity index is 546. The summed E-state index contributed by atoms with van der Waals surface area (Å²) in [5.74, 6) is -2.04. The van der Waals surface area contributed by atoms with E-state index in [1.165, 1.54) is 23.1 Å². The highest BCUT2D eigenvalue weighted by Crippen LogP contribution is 2.34. The molecule has 0 radical (unpaired) electrons. The van der Waals surface area contributed by atoms with Gasteiger partial charge in [-0.3, -0.25) is 9.59 Å². The Morgan fingerprint density at radius 2 is 1.80 bits per heavy atom. The number of amides is 1. The molecule has 108 valence electrons. The number of benzene rings is 1. The summed E-state index contributed by atoms with van der Waals surface area (Å²) in [5.41, 5.74) is -0.776. The molecule has 0 atom stereocenters. The summed E-state index contributed by atoms with van der Waals surface area (Å²) in [5, 5.41) is 28.2. The summed E-state index contributed by atoms with van der Waals surface area (Å²) in [6.07, 6.45) is 0.737. The fraction of sp³-hybridized carbons (Fsp3) is 0.429. The predicted octanol–water partition coefficient (Wildman–Crippen LogP) is 1.42. The van der Waals surface area contributed by atoms with E-state index in [9.17, 15) is 19.8 Å². The van der Waals surface area contributed by atoms with Crippen molar-refractivity contribution in [1.82, 2.24) is 4.90 Å². The van der Waals surface area contributed by atoms with Gasteiger partial charge in [0.15, 0.2) is 11.5 Å². The number of hydrogen-bond donors (Lipinski definition) is 3. The zero-order valence-corrected chi connectivity index (χ0v) is 11.2. The molecule has 6 nitrogen and oxygen atoms in total. The number of carbonyl (C=O) groups excluding carboxylic acids is 1. The first-order valence-electron chi connectivity index (χ1n) is 6.39. The number of nitrogens with zero attached hydrogens (tertiary/aromatic N) is 1. The zero-order chi connectivity index (χ0) is 14.9. The van der Waals surface area contributed by atoms with Crippen molar-refractivity contribution in [3.63, 3.8) is 0 Å². The molecule has 1 aliphatic heterocycles. The van der Waals surface area contributed by atoms with Crippen LogP contribution in [0.1, 0.15) is 30.1 Å². The number of piperidine rings is 1. The third-order valence-electron chi connectivity index (χ3n) is 3.92. The predicted molar refractivity (Wildman–Crippen MR) is 70.7 cm³/mol. The normalized spacial score (nSPS) is 17.8. The Morgan fingerprint density at radius 1 is 1.20 bits per heavy atom. The molecule has 1 aliphatic rings. The molecule has 20 heavy (non-hydrogen) atoms. The molecule has 1 aromatic carbocycles. The van der Waals surface area contributed by atoms with E-state index in [4.69, 9.17) is 5.11 Å². The number of likely N-dealkylation sites (tertiary alicyclic amines) is 1. The number of carboxylic acids is 1. The van der Waals surface area contributed by atoms with Gasteiger partial charge in [0, 0.05) is 13.1 Å². The van der Waals surface area contributed by atoms with Gasteiger partial charge in [0.1, 0.15) is 0 Å². The molecule has 0 bridgehead atoms. The standard InChI is InChI=1S/C14H17NO5/c1-14(13(19)20)5-7-15(8-6-14)12(18)9-3-2-4-10(16)11(9)17/h2-4,16-17H,5-8H2,1H3,(H,19,20). The van der Waals surface area contributed by atoms with E-state index >= 15 is 0 Å². The molecule has 0 aromatic heterocycles. The lowest BCUT2D eigenvalue weighted by Crippen LogP contribution is -2.45. The first kappa shape index (κ1) is 14.2. The van der Waals surface area contributed by atoms with Gasteiger partial charge in [-0.15, -0.1) is 0 Å². The average molecular weight is 279 g/mol. The lowest BCUT2D eigenvalue weighted by atomic mass is 9.80. The summed E-state index contributed by atoms with van der Waals surface area (Å²) in [4.78, 5) is 24.9. The van der Waals surface area contributed by atoms with Gasteiger partial charge in [0.25, 0.3) is 5.91 Å². The first-order valence-corrected chi connectivity index (χ1v) is 6.39. The Labute approximate surface area is 116 Å². The SMILES string of the molecule is CC1(C(=O)O)CCN(C(=O)c2cccc(O)c2O)CC1. The van der Waals surface area contributed by atoms with Crippen LogP contribution in [0.4, 0.5) is 0 Å². The summed E-state index contributed by atoms with van der Waals surface area (Å²) in [6.45, 7) is 2.30. The number of rotatable bonds is 2. The Hall–Kier alpha value is -2.24. The maximum absolute atomic E-state index is 12.3. The summed E-state index contributed by atoms with van der Waals surface area (Å²) in [7, 11) is 0. The maximum Gasteiger partial charge on any atom is 0.309 e. The average Bonchev–Trinajstić information content (AvgIpc) is 2.42. The quantitative estimate of drug-likeness (QED) is 0.711. The van der Waals surface area contributed by atoms with E-state index in [1.807, 2.05) is 0 Å². The van der Waals surface area contributed by atoms with Crippen molar-refractivity contribution in [1.29, 1.82) is 0 Å². The van der Waals surface area contributed by atoms with E-state index in [2.05, 4.69) is 0 Å². The van der Waals surface area contributed by atoms with Gasteiger partial charge in [-0.1, -0.05) is 6.07 Å². The number of carbonyl (C=O) groups is 2. The third kappa shape index (κ3) is 2.41. The second kappa shape index (κ2) is 5.03. The van der Waals surface area contributed by atoms with Crippen LogP contribution in [-0.4, -0.2) is 45.2 Å². The van der Waals surface area contributed by atoms with Crippen LogP contribution in [0.5, 0.6) is 11.5 Å². The summed E-state index contributed by atoms with van der Waals surface area (Å²) in [6, 6.07) is 4.21. The van der Waals surface area contributed by atoms with Crippen LogP contribution >= 0.6 is 0 Å².